The van der Waals surface area contributed by atoms with Crippen molar-refractivity contribution in [2.75, 3.05) is 6.54 Å². The summed E-state index contributed by atoms with van der Waals surface area (Å²) in [5, 5.41) is 12.3. The number of rotatable bonds is 6. The number of nitrogens with two attached hydrogens (primary N) is 1. The highest BCUT2D eigenvalue weighted by Crippen LogP contribution is 2.21. The molecule has 0 saturated carbocycles. The molecule has 0 radical (unpaired) electrons. The van der Waals surface area contributed by atoms with Crippen molar-refractivity contribution in [3.8, 4) is 0 Å². The van der Waals surface area contributed by atoms with Gasteiger partial charge in [-0.05, 0) is 31.5 Å². The third-order valence-electron chi connectivity index (χ3n) is 3.45. The second kappa shape index (κ2) is 7.36. The van der Waals surface area contributed by atoms with E-state index in [1.807, 2.05) is 12.1 Å². The lowest BCUT2D eigenvalue weighted by Crippen LogP contribution is -2.31. The van der Waals surface area contributed by atoms with Gasteiger partial charge >= 0.3 is 0 Å². The van der Waals surface area contributed by atoms with Gasteiger partial charge in [-0.1, -0.05) is 42.7 Å². The molecule has 19 heavy (non-hydrogen) atoms. The summed E-state index contributed by atoms with van der Waals surface area (Å²) in [4.78, 5) is 2.37. The van der Waals surface area contributed by atoms with Crippen LogP contribution in [0.25, 0.3) is 0 Å². The standard InChI is InChI=1S/C14H22ClN3O/c1-4-10(3)18(5-2)9-12-7-6-11(8-13(12)15)14(16)17-19/h6-8,10,19H,4-5,9H2,1-3H3,(H2,16,17). The van der Waals surface area contributed by atoms with Gasteiger partial charge in [-0.25, -0.2) is 0 Å². The summed E-state index contributed by atoms with van der Waals surface area (Å²) in [6, 6.07) is 6.00. The lowest BCUT2D eigenvalue weighted by atomic mass is 10.1. The molecule has 1 aromatic carbocycles. The second-order valence-corrected chi connectivity index (χ2v) is 5.02. The molecule has 0 heterocycles. The van der Waals surface area contributed by atoms with Gasteiger partial charge in [0, 0.05) is 23.2 Å². The molecule has 1 aromatic rings. The highest BCUT2D eigenvalue weighted by atomic mass is 35.5. The minimum Gasteiger partial charge on any atom is -0.409 e. The molecule has 106 valence electrons. The number of oxime groups is 1. The van der Waals surface area contributed by atoms with Crippen LogP contribution < -0.4 is 5.73 Å². The fourth-order valence-corrected chi connectivity index (χ4v) is 2.19. The first-order chi connectivity index (χ1) is 9.03. The molecule has 3 N–H and O–H groups in total. The fourth-order valence-electron chi connectivity index (χ4n) is 1.95. The molecule has 0 fully saturated rings. The van der Waals surface area contributed by atoms with E-state index in [0.717, 1.165) is 25.1 Å². The van der Waals surface area contributed by atoms with Crippen molar-refractivity contribution in [1.82, 2.24) is 4.90 Å². The van der Waals surface area contributed by atoms with Gasteiger partial charge in [0.2, 0.25) is 0 Å². The SMILES string of the molecule is CCC(C)N(CC)Cc1ccc(/C(N)=N/O)cc1Cl. The molecule has 0 spiro atoms. The Labute approximate surface area is 119 Å². The van der Waals surface area contributed by atoms with E-state index >= 15 is 0 Å². The molecule has 0 aromatic heterocycles. The smallest absolute Gasteiger partial charge is 0.170 e. The highest BCUT2D eigenvalue weighted by Gasteiger charge is 2.13. The van der Waals surface area contributed by atoms with Gasteiger partial charge < -0.3 is 10.9 Å². The molecule has 0 bridgehead atoms. The Balaban J connectivity index is 2.91. The van der Waals surface area contributed by atoms with Gasteiger partial charge in [-0.2, -0.15) is 0 Å². The van der Waals surface area contributed by atoms with Gasteiger partial charge in [-0.15, -0.1) is 0 Å². The van der Waals surface area contributed by atoms with E-state index in [4.69, 9.17) is 22.5 Å². The van der Waals surface area contributed by atoms with Crippen LogP contribution in [0.4, 0.5) is 0 Å². The maximum absolute atomic E-state index is 8.65. The van der Waals surface area contributed by atoms with Crippen molar-refractivity contribution in [3.63, 3.8) is 0 Å². The van der Waals surface area contributed by atoms with Crippen LogP contribution in [0, 0.1) is 0 Å². The van der Waals surface area contributed by atoms with Crippen molar-refractivity contribution < 1.29 is 5.21 Å². The predicted octanol–water partition coefficient (Wildman–Crippen LogP) is 3.05. The van der Waals surface area contributed by atoms with Crippen molar-refractivity contribution in [2.24, 2.45) is 10.9 Å². The van der Waals surface area contributed by atoms with Crippen LogP contribution in [0.5, 0.6) is 0 Å². The number of hydrogen-bond acceptors (Lipinski definition) is 3. The number of hydrogen-bond donors (Lipinski definition) is 2. The molecule has 0 saturated heterocycles. The highest BCUT2D eigenvalue weighted by molar-refractivity contribution is 6.31. The molecule has 5 heteroatoms. The average molecular weight is 284 g/mol. The third kappa shape index (κ3) is 4.11. The maximum atomic E-state index is 8.65. The van der Waals surface area contributed by atoms with E-state index in [0.29, 0.717) is 16.6 Å². The Bertz CT molecular complexity index is 448. The number of halogens is 1. The molecular formula is C14H22ClN3O. The fraction of sp³-hybridized carbons (Fsp3) is 0.500. The van der Waals surface area contributed by atoms with E-state index in [-0.39, 0.29) is 5.84 Å². The average Bonchev–Trinajstić information content (AvgIpc) is 2.44. The molecule has 1 rings (SSSR count). The second-order valence-electron chi connectivity index (χ2n) is 4.61. The van der Waals surface area contributed by atoms with Gasteiger partial charge in [0.15, 0.2) is 5.84 Å². The summed E-state index contributed by atoms with van der Waals surface area (Å²) in [5.41, 5.74) is 7.22. The summed E-state index contributed by atoms with van der Waals surface area (Å²) in [6.07, 6.45) is 1.10. The third-order valence-corrected chi connectivity index (χ3v) is 3.80. The molecular weight excluding hydrogens is 262 g/mol. The summed E-state index contributed by atoms with van der Waals surface area (Å²) in [7, 11) is 0. The molecule has 0 aliphatic heterocycles. The Morgan fingerprint density at radius 2 is 2.16 bits per heavy atom. The van der Waals surface area contributed by atoms with E-state index in [2.05, 4.69) is 30.8 Å². The lowest BCUT2D eigenvalue weighted by molar-refractivity contribution is 0.206. The van der Waals surface area contributed by atoms with Crippen LogP contribution in [-0.4, -0.2) is 28.5 Å². The van der Waals surface area contributed by atoms with Crippen molar-refractivity contribution in [2.45, 2.75) is 39.8 Å². The zero-order valence-corrected chi connectivity index (χ0v) is 12.5. The molecule has 1 atom stereocenters. The van der Waals surface area contributed by atoms with Crippen LogP contribution in [-0.2, 0) is 6.54 Å². The largest absolute Gasteiger partial charge is 0.409 e. The maximum Gasteiger partial charge on any atom is 0.170 e. The van der Waals surface area contributed by atoms with Crippen LogP contribution in [0.3, 0.4) is 0 Å². The first-order valence-corrected chi connectivity index (χ1v) is 6.91. The lowest BCUT2D eigenvalue weighted by Gasteiger charge is -2.27. The summed E-state index contributed by atoms with van der Waals surface area (Å²) in [5.74, 6) is 0.0720. The Morgan fingerprint density at radius 3 is 2.63 bits per heavy atom. The van der Waals surface area contributed by atoms with Gasteiger partial charge in [0.05, 0.1) is 0 Å². The number of benzene rings is 1. The molecule has 0 aliphatic rings. The number of amidine groups is 1. The normalized spacial score (nSPS) is 13.8. The summed E-state index contributed by atoms with van der Waals surface area (Å²) >= 11 is 6.26. The Kier molecular flexibility index (Phi) is 6.12. The zero-order chi connectivity index (χ0) is 14.4. The van der Waals surface area contributed by atoms with Crippen LogP contribution >= 0.6 is 11.6 Å². The summed E-state index contributed by atoms with van der Waals surface area (Å²) < 4.78 is 0. The minimum absolute atomic E-state index is 0.0720. The monoisotopic (exact) mass is 283 g/mol. The zero-order valence-electron chi connectivity index (χ0n) is 11.7. The molecule has 4 nitrogen and oxygen atoms in total. The van der Waals surface area contributed by atoms with Crippen molar-refractivity contribution in [1.29, 1.82) is 0 Å². The van der Waals surface area contributed by atoms with E-state index in [1.54, 1.807) is 6.07 Å². The van der Waals surface area contributed by atoms with E-state index in [1.165, 1.54) is 0 Å². The van der Waals surface area contributed by atoms with Crippen molar-refractivity contribution >= 4 is 17.4 Å². The topological polar surface area (TPSA) is 61.8 Å². The Morgan fingerprint density at radius 1 is 1.47 bits per heavy atom. The molecule has 1 unspecified atom stereocenters. The first kappa shape index (κ1) is 15.8. The molecule has 0 amide bonds. The minimum atomic E-state index is 0.0720. The van der Waals surface area contributed by atoms with Crippen LogP contribution in [0.1, 0.15) is 38.3 Å². The van der Waals surface area contributed by atoms with Crippen molar-refractivity contribution in [3.05, 3.63) is 34.3 Å². The Hall–Kier alpha value is -1.26. The van der Waals surface area contributed by atoms with Crippen LogP contribution in [0.2, 0.25) is 5.02 Å². The van der Waals surface area contributed by atoms with Gasteiger partial charge in [0.1, 0.15) is 0 Å². The number of nitrogens with zero attached hydrogens (tertiary/aromatic N) is 2. The van der Waals surface area contributed by atoms with E-state index < -0.39 is 0 Å². The van der Waals surface area contributed by atoms with E-state index in [9.17, 15) is 0 Å². The molecule has 0 aliphatic carbocycles. The quantitative estimate of drug-likeness (QED) is 0.365. The predicted molar refractivity (Wildman–Crippen MR) is 79.8 cm³/mol. The van der Waals surface area contributed by atoms with Gasteiger partial charge in [-0.3, -0.25) is 4.90 Å². The van der Waals surface area contributed by atoms with Crippen LogP contribution in [0.15, 0.2) is 23.4 Å². The first-order valence-electron chi connectivity index (χ1n) is 6.53. The summed E-state index contributed by atoms with van der Waals surface area (Å²) in [6.45, 7) is 8.32. The van der Waals surface area contributed by atoms with Gasteiger partial charge in [0.25, 0.3) is 0 Å².